The number of nitrogens with zero attached hydrogens (tertiary/aromatic N) is 1. The van der Waals surface area contributed by atoms with Crippen LogP contribution >= 0.6 is 22.6 Å². The lowest BCUT2D eigenvalue weighted by molar-refractivity contribution is 1.03. The van der Waals surface area contributed by atoms with Crippen LogP contribution in [0.4, 0.5) is 0 Å². The van der Waals surface area contributed by atoms with Gasteiger partial charge in [-0.3, -0.25) is 0 Å². The second-order valence-electron chi connectivity index (χ2n) is 1.95. The van der Waals surface area contributed by atoms with Crippen LogP contribution < -0.4 is 0 Å². The van der Waals surface area contributed by atoms with Crippen LogP contribution in [0.25, 0.3) is 0 Å². The number of nitrogens with one attached hydrogen (secondary N) is 1. The Labute approximate surface area is 68.2 Å². The van der Waals surface area contributed by atoms with Gasteiger partial charge in [0.2, 0.25) is 0 Å². The largest absolute Gasteiger partial charge is 0.337 e. The monoisotopic (exact) mass is 236 g/mol. The first-order chi connectivity index (χ1) is 4.24. The number of aromatic nitrogens is 2. The Morgan fingerprint density at radius 3 is 2.56 bits per heavy atom. The van der Waals surface area contributed by atoms with Crippen LogP contribution in [0.2, 0.25) is 0 Å². The molecule has 0 radical (unpaired) electrons. The van der Waals surface area contributed by atoms with E-state index in [1.807, 2.05) is 6.92 Å². The second-order valence-corrected chi connectivity index (χ2v) is 2.97. The number of aromatic amines is 1. The van der Waals surface area contributed by atoms with Crippen molar-refractivity contribution < 1.29 is 0 Å². The molecule has 1 rings (SSSR count). The number of H-pyrrole nitrogens is 1. The number of halogens is 1. The van der Waals surface area contributed by atoms with Crippen LogP contribution in [-0.4, -0.2) is 9.97 Å². The van der Waals surface area contributed by atoms with E-state index in [-0.39, 0.29) is 0 Å². The Bertz CT molecular complexity index is 205. The lowest BCUT2D eigenvalue weighted by atomic mass is 10.3. The zero-order chi connectivity index (χ0) is 6.85. The molecule has 2 nitrogen and oxygen atoms in total. The van der Waals surface area contributed by atoms with Crippen molar-refractivity contribution in [3.8, 4) is 0 Å². The van der Waals surface area contributed by atoms with E-state index in [0.717, 1.165) is 15.9 Å². The van der Waals surface area contributed by atoms with Gasteiger partial charge in [0.1, 0.15) is 0 Å². The molecule has 0 unspecified atom stereocenters. The van der Waals surface area contributed by atoms with Gasteiger partial charge in [-0.1, -0.05) is 6.92 Å². The summed E-state index contributed by atoms with van der Waals surface area (Å²) in [5.41, 5.74) is 2.38. The zero-order valence-corrected chi connectivity index (χ0v) is 7.69. The van der Waals surface area contributed by atoms with Crippen molar-refractivity contribution in [2.24, 2.45) is 0 Å². The molecular formula is C6H9IN2. The summed E-state index contributed by atoms with van der Waals surface area (Å²) >= 11 is 2.18. The van der Waals surface area contributed by atoms with Gasteiger partial charge >= 0.3 is 0 Å². The zero-order valence-electron chi connectivity index (χ0n) is 5.53. The maximum Gasteiger partial charge on any atom is 0.169 e. The Morgan fingerprint density at radius 1 is 1.67 bits per heavy atom. The molecule has 0 aliphatic heterocycles. The summed E-state index contributed by atoms with van der Waals surface area (Å²) in [6, 6.07) is 0. The fourth-order valence-electron chi connectivity index (χ4n) is 0.802. The van der Waals surface area contributed by atoms with Crippen molar-refractivity contribution in [2.45, 2.75) is 20.3 Å². The van der Waals surface area contributed by atoms with E-state index in [9.17, 15) is 0 Å². The molecule has 0 saturated heterocycles. The predicted molar refractivity (Wildman–Crippen MR) is 45.4 cm³/mol. The van der Waals surface area contributed by atoms with Gasteiger partial charge < -0.3 is 4.98 Å². The third kappa shape index (κ3) is 1.44. The van der Waals surface area contributed by atoms with E-state index in [4.69, 9.17) is 0 Å². The fraction of sp³-hybridized carbons (Fsp3) is 0.500. The molecule has 0 atom stereocenters. The average Bonchev–Trinajstić information content (AvgIpc) is 2.10. The lowest BCUT2D eigenvalue weighted by Crippen LogP contribution is -1.81. The first-order valence-electron chi connectivity index (χ1n) is 2.95. The molecule has 0 fully saturated rings. The third-order valence-corrected chi connectivity index (χ3v) is 1.82. The van der Waals surface area contributed by atoms with Crippen molar-refractivity contribution in [3.05, 3.63) is 15.2 Å². The van der Waals surface area contributed by atoms with Crippen molar-refractivity contribution in [1.82, 2.24) is 9.97 Å². The maximum absolute atomic E-state index is 4.21. The first-order valence-corrected chi connectivity index (χ1v) is 4.03. The lowest BCUT2D eigenvalue weighted by Gasteiger charge is -1.87. The van der Waals surface area contributed by atoms with Crippen LogP contribution in [0.5, 0.6) is 0 Å². The number of rotatable bonds is 1. The van der Waals surface area contributed by atoms with Gasteiger partial charge in [-0.25, -0.2) is 4.98 Å². The van der Waals surface area contributed by atoms with Gasteiger partial charge in [-0.05, 0) is 35.9 Å². The molecule has 3 heteroatoms. The Kier molecular flexibility index (Phi) is 2.10. The van der Waals surface area contributed by atoms with Gasteiger partial charge in [0.05, 0.1) is 5.69 Å². The highest BCUT2D eigenvalue weighted by molar-refractivity contribution is 14.1. The highest BCUT2D eigenvalue weighted by Gasteiger charge is 1.99. The van der Waals surface area contributed by atoms with Crippen molar-refractivity contribution >= 4 is 22.6 Å². The van der Waals surface area contributed by atoms with E-state index in [1.54, 1.807) is 0 Å². The Morgan fingerprint density at radius 2 is 2.33 bits per heavy atom. The summed E-state index contributed by atoms with van der Waals surface area (Å²) < 4.78 is 0.988. The minimum Gasteiger partial charge on any atom is -0.337 e. The predicted octanol–water partition coefficient (Wildman–Crippen LogP) is 1.89. The van der Waals surface area contributed by atoms with Gasteiger partial charge in [0, 0.05) is 5.69 Å². The third-order valence-electron chi connectivity index (χ3n) is 1.31. The molecule has 0 aromatic carbocycles. The van der Waals surface area contributed by atoms with Crippen LogP contribution in [0.15, 0.2) is 0 Å². The minimum absolute atomic E-state index is 0.988. The summed E-state index contributed by atoms with van der Waals surface area (Å²) in [4.78, 5) is 7.38. The van der Waals surface area contributed by atoms with Crippen molar-refractivity contribution in [3.63, 3.8) is 0 Å². The number of hydrogen-bond donors (Lipinski definition) is 1. The molecule has 0 saturated carbocycles. The fourth-order valence-corrected chi connectivity index (χ4v) is 1.49. The summed E-state index contributed by atoms with van der Waals surface area (Å²) in [6.45, 7) is 4.15. The maximum atomic E-state index is 4.21. The molecule has 0 aliphatic rings. The first kappa shape index (κ1) is 7.05. The SMILES string of the molecule is CCc1[nH]c(I)nc1C. The molecule has 1 aromatic rings. The second kappa shape index (κ2) is 2.68. The highest BCUT2D eigenvalue weighted by atomic mass is 127. The molecule has 1 N–H and O–H groups in total. The van der Waals surface area contributed by atoms with E-state index in [1.165, 1.54) is 5.69 Å². The smallest absolute Gasteiger partial charge is 0.169 e. The van der Waals surface area contributed by atoms with E-state index >= 15 is 0 Å². The van der Waals surface area contributed by atoms with E-state index in [2.05, 4.69) is 39.5 Å². The topological polar surface area (TPSA) is 28.7 Å². The molecule has 0 spiro atoms. The van der Waals surface area contributed by atoms with Gasteiger partial charge in [0.25, 0.3) is 0 Å². The molecule has 9 heavy (non-hydrogen) atoms. The van der Waals surface area contributed by atoms with E-state index in [0.29, 0.717) is 0 Å². The van der Waals surface area contributed by atoms with Crippen LogP contribution in [-0.2, 0) is 6.42 Å². The normalized spacial score (nSPS) is 10.1. The van der Waals surface area contributed by atoms with E-state index < -0.39 is 0 Å². The molecule has 1 heterocycles. The number of aryl methyl sites for hydroxylation is 2. The van der Waals surface area contributed by atoms with Gasteiger partial charge in [-0.2, -0.15) is 0 Å². The minimum atomic E-state index is 0.988. The van der Waals surface area contributed by atoms with Gasteiger partial charge in [0.15, 0.2) is 3.83 Å². The van der Waals surface area contributed by atoms with Crippen molar-refractivity contribution in [2.75, 3.05) is 0 Å². The summed E-state index contributed by atoms with van der Waals surface area (Å²) in [5.74, 6) is 0. The summed E-state index contributed by atoms with van der Waals surface area (Å²) in [5, 5.41) is 0. The Balaban J connectivity index is 3.01. The highest BCUT2D eigenvalue weighted by Crippen LogP contribution is 2.06. The van der Waals surface area contributed by atoms with Crippen molar-refractivity contribution in [1.29, 1.82) is 0 Å². The molecule has 50 valence electrons. The summed E-state index contributed by atoms with van der Waals surface area (Å²) in [7, 11) is 0. The molecule has 0 aliphatic carbocycles. The molecule has 0 bridgehead atoms. The number of hydrogen-bond acceptors (Lipinski definition) is 1. The quantitative estimate of drug-likeness (QED) is 0.741. The summed E-state index contributed by atoms with van der Waals surface area (Å²) in [6.07, 6.45) is 1.04. The molecular weight excluding hydrogens is 227 g/mol. The van der Waals surface area contributed by atoms with Crippen LogP contribution in [0.1, 0.15) is 18.3 Å². The standard InChI is InChI=1S/C6H9IN2/c1-3-5-4(2)8-6(7)9-5/h3H2,1-2H3,(H,8,9). The van der Waals surface area contributed by atoms with Crippen LogP contribution in [0, 0.1) is 10.8 Å². The van der Waals surface area contributed by atoms with Gasteiger partial charge in [-0.15, -0.1) is 0 Å². The Hall–Kier alpha value is -0.0600. The molecule has 1 aromatic heterocycles. The average molecular weight is 236 g/mol. The number of imidazole rings is 1. The molecule has 0 amide bonds. The van der Waals surface area contributed by atoms with Crippen LogP contribution in [0.3, 0.4) is 0 Å².